The van der Waals surface area contributed by atoms with Gasteiger partial charge in [-0.1, -0.05) is 5.10 Å². The van der Waals surface area contributed by atoms with E-state index in [2.05, 4.69) is 20.4 Å². The fourth-order valence-corrected chi connectivity index (χ4v) is 2.37. The number of nitrogens with zero attached hydrogens (tertiary/aromatic N) is 3. The summed E-state index contributed by atoms with van der Waals surface area (Å²) < 4.78 is 5.11. The average Bonchev–Trinajstić information content (AvgIpc) is 2.74. The molecule has 1 aliphatic rings. The van der Waals surface area contributed by atoms with Gasteiger partial charge in [-0.2, -0.15) is 0 Å². The van der Waals surface area contributed by atoms with E-state index in [1.54, 1.807) is 6.92 Å². The molecule has 2 atom stereocenters. The van der Waals surface area contributed by atoms with Gasteiger partial charge in [-0.25, -0.2) is 0 Å². The zero-order chi connectivity index (χ0) is 13.8. The van der Waals surface area contributed by atoms with Gasteiger partial charge in [0.25, 0.3) is 0 Å². The highest BCUT2D eigenvalue weighted by Gasteiger charge is 2.24. The predicted octanol–water partition coefficient (Wildman–Crippen LogP) is 0.376. The Morgan fingerprint density at radius 3 is 3.05 bits per heavy atom. The molecule has 0 spiro atoms. The number of carbonyl (C=O) groups excluding carboxylic acids is 1. The summed E-state index contributed by atoms with van der Waals surface area (Å²) in [6, 6.07) is 0.327. The Labute approximate surface area is 112 Å². The van der Waals surface area contributed by atoms with E-state index in [9.17, 15) is 4.79 Å². The molecule has 0 aromatic carbocycles. The molecule has 0 aliphatic carbocycles. The van der Waals surface area contributed by atoms with Crippen LogP contribution in [0.25, 0.3) is 0 Å². The second-order valence-corrected chi connectivity index (χ2v) is 5.17. The number of aromatic nitrogens is 2. The molecule has 2 heterocycles. The van der Waals surface area contributed by atoms with Gasteiger partial charge in [-0.15, -0.1) is 5.10 Å². The van der Waals surface area contributed by atoms with Gasteiger partial charge in [0.2, 0.25) is 11.8 Å². The number of hydrogen-bond acceptors (Lipinski definition) is 6. The number of piperidine rings is 1. The highest BCUT2D eigenvalue weighted by Crippen LogP contribution is 2.18. The Morgan fingerprint density at radius 2 is 2.42 bits per heavy atom. The first-order valence-corrected chi connectivity index (χ1v) is 6.62. The number of nitrogens with two attached hydrogens (primary N) is 1. The van der Waals surface area contributed by atoms with Crippen LogP contribution in [0.1, 0.15) is 25.7 Å². The summed E-state index contributed by atoms with van der Waals surface area (Å²) in [5.74, 6) is 0.770. The molecule has 2 rings (SSSR count). The molecule has 3 N–H and O–H groups in total. The van der Waals surface area contributed by atoms with Crippen LogP contribution < -0.4 is 11.1 Å². The van der Waals surface area contributed by atoms with E-state index in [0.717, 1.165) is 25.9 Å². The second-order valence-electron chi connectivity index (χ2n) is 5.17. The van der Waals surface area contributed by atoms with Crippen molar-refractivity contribution in [2.24, 2.45) is 11.7 Å². The van der Waals surface area contributed by atoms with Crippen LogP contribution in [-0.2, 0) is 4.79 Å². The summed E-state index contributed by atoms with van der Waals surface area (Å²) in [5, 5.41) is 10.00. The Kier molecular flexibility index (Phi) is 4.49. The minimum Gasteiger partial charge on any atom is -0.408 e. The third-order valence-electron chi connectivity index (χ3n) is 3.43. The van der Waals surface area contributed by atoms with Crippen molar-refractivity contribution in [3.63, 3.8) is 0 Å². The summed E-state index contributed by atoms with van der Waals surface area (Å²) >= 11 is 0. The van der Waals surface area contributed by atoms with Crippen molar-refractivity contribution in [3.8, 4) is 0 Å². The van der Waals surface area contributed by atoms with E-state index >= 15 is 0 Å². The topological polar surface area (TPSA) is 97.3 Å². The average molecular weight is 267 g/mol. The summed E-state index contributed by atoms with van der Waals surface area (Å²) in [4.78, 5) is 14.0. The standard InChI is InChI=1S/C12H21N5O2/c1-8(13)10-4-3-5-17(6-10)7-11(18)14-12-16-15-9(2)19-12/h8,10H,3-7,13H2,1-2H3,(H,14,16,18). The Balaban J connectivity index is 1.81. The van der Waals surface area contributed by atoms with Gasteiger partial charge >= 0.3 is 6.01 Å². The number of carbonyl (C=O) groups is 1. The molecule has 1 aliphatic heterocycles. The lowest BCUT2D eigenvalue weighted by Crippen LogP contribution is -2.45. The Hall–Kier alpha value is -1.47. The van der Waals surface area contributed by atoms with Crippen LogP contribution in [0.5, 0.6) is 0 Å². The zero-order valence-electron chi connectivity index (χ0n) is 11.4. The van der Waals surface area contributed by atoms with Crippen LogP contribution in [0.15, 0.2) is 4.42 Å². The first-order valence-electron chi connectivity index (χ1n) is 6.62. The van der Waals surface area contributed by atoms with Gasteiger partial charge in [0.05, 0.1) is 6.54 Å². The Bertz CT molecular complexity index is 432. The summed E-state index contributed by atoms with van der Waals surface area (Å²) in [6.07, 6.45) is 2.22. The lowest BCUT2D eigenvalue weighted by Gasteiger charge is -2.33. The smallest absolute Gasteiger partial charge is 0.322 e. The van der Waals surface area contributed by atoms with Crippen LogP contribution in [-0.4, -0.2) is 46.7 Å². The largest absolute Gasteiger partial charge is 0.408 e. The van der Waals surface area contributed by atoms with Gasteiger partial charge in [0, 0.05) is 19.5 Å². The first kappa shape index (κ1) is 14.0. The molecule has 2 unspecified atom stereocenters. The molecule has 106 valence electrons. The van der Waals surface area contributed by atoms with E-state index in [0.29, 0.717) is 18.4 Å². The van der Waals surface area contributed by atoms with Crippen molar-refractivity contribution >= 4 is 11.9 Å². The normalized spacial score (nSPS) is 22.2. The second kappa shape index (κ2) is 6.12. The van der Waals surface area contributed by atoms with Crippen LogP contribution in [0.3, 0.4) is 0 Å². The highest BCUT2D eigenvalue weighted by atomic mass is 16.4. The molecule has 1 saturated heterocycles. The molecule has 0 radical (unpaired) electrons. The number of hydrogen-bond donors (Lipinski definition) is 2. The van der Waals surface area contributed by atoms with Crippen molar-refractivity contribution in [1.82, 2.24) is 15.1 Å². The lowest BCUT2D eigenvalue weighted by molar-refractivity contribution is -0.117. The first-order chi connectivity index (χ1) is 9.04. The fraction of sp³-hybridized carbons (Fsp3) is 0.750. The summed E-state index contributed by atoms with van der Waals surface area (Å²) in [5.41, 5.74) is 5.93. The molecular formula is C12H21N5O2. The van der Waals surface area contributed by atoms with Crippen molar-refractivity contribution < 1.29 is 9.21 Å². The van der Waals surface area contributed by atoms with Crippen molar-refractivity contribution in [3.05, 3.63) is 5.89 Å². The van der Waals surface area contributed by atoms with Crippen LogP contribution >= 0.6 is 0 Å². The summed E-state index contributed by atoms with van der Waals surface area (Å²) in [7, 11) is 0. The zero-order valence-corrected chi connectivity index (χ0v) is 11.4. The lowest BCUT2D eigenvalue weighted by atomic mass is 9.92. The molecule has 19 heavy (non-hydrogen) atoms. The number of rotatable bonds is 4. The maximum absolute atomic E-state index is 11.9. The van der Waals surface area contributed by atoms with Gasteiger partial charge in [-0.05, 0) is 32.2 Å². The molecule has 0 bridgehead atoms. The van der Waals surface area contributed by atoms with Crippen molar-refractivity contribution in [2.75, 3.05) is 25.0 Å². The fourth-order valence-electron chi connectivity index (χ4n) is 2.37. The maximum atomic E-state index is 11.9. The SMILES string of the molecule is Cc1nnc(NC(=O)CN2CCCC(C(C)N)C2)o1. The van der Waals surface area contributed by atoms with Gasteiger partial charge in [-0.3, -0.25) is 15.0 Å². The summed E-state index contributed by atoms with van der Waals surface area (Å²) in [6.45, 7) is 5.84. The van der Waals surface area contributed by atoms with E-state index in [-0.39, 0.29) is 18.0 Å². The number of nitrogens with one attached hydrogen (secondary N) is 1. The molecule has 1 fully saturated rings. The minimum absolute atomic E-state index is 0.131. The van der Waals surface area contributed by atoms with Crippen LogP contribution in [0.4, 0.5) is 6.01 Å². The third-order valence-corrected chi connectivity index (χ3v) is 3.43. The predicted molar refractivity (Wildman–Crippen MR) is 70.5 cm³/mol. The van der Waals surface area contributed by atoms with Crippen LogP contribution in [0, 0.1) is 12.8 Å². The maximum Gasteiger partial charge on any atom is 0.322 e. The van der Waals surface area contributed by atoms with Gasteiger partial charge < -0.3 is 10.2 Å². The van der Waals surface area contributed by atoms with E-state index in [1.807, 2.05) is 6.92 Å². The van der Waals surface area contributed by atoms with Gasteiger partial charge in [0.15, 0.2) is 0 Å². The Morgan fingerprint density at radius 1 is 1.63 bits per heavy atom. The number of aryl methyl sites for hydroxylation is 1. The molecule has 0 saturated carbocycles. The van der Waals surface area contributed by atoms with Gasteiger partial charge in [0.1, 0.15) is 0 Å². The van der Waals surface area contributed by atoms with E-state index in [1.165, 1.54) is 0 Å². The number of anilines is 1. The van der Waals surface area contributed by atoms with E-state index in [4.69, 9.17) is 10.2 Å². The van der Waals surface area contributed by atoms with Crippen LogP contribution in [0.2, 0.25) is 0 Å². The van der Waals surface area contributed by atoms with Crippen molar-refractivity contribution in [1.29, 1.82) is 0 Å². The molecule has 7 nitrogen and oxygen atoms in total. The molecular weight excluding hydrogens is 246 g/mol. The monoisotopic (exact) mass is 267 g/mol. The minimum atomic E-state index is -0.131. The highest BCUT2D eigenvalue weighted by molar-refractivity contribution is 5.90. The number of likely N-dealkylation sites (tertiary alicyclic amines) is 1. The molecule has 1 aromatic heterocycles. The molecule has 1 amide bonds. The molecule has 1 aromatic rings. The van der Waals surface area contributed by atoms with Crippen molar-refractivity contribution in [2.45, 2.75) is 32.7 Å². The van der Waals surface area contributed by atoms with E-state index < -0.39 is 0 Å². The number of amides is 1. The quantitative estimate of drug-likeness (QED) is 0.818. The molecule has 7 heteroatoms. The third kappa shape index (κ3) is 4.00.